The molecular weight excluding hydrogens is 318 g/mol. The van der Waals surface area contributed by atoms with Crippen molar-refractivity contribution in [3.63, 3.8) is 0 Å². The molecule has 0 aromatic heterocycles. The van der Waals surface area contributed by atoms with Crippen LogP contribution in [0.3, 0.4) is 0 Å². The number of likely N-dealkylation sites (tertiary alicyclic amines) is 1. The molecule has 0 spiro atoms. The largest absolute Gasteiger partial charge is 0.331 e. The first-order chi connectivity index (χ1) is 12.8. The maximum atomic E-state index is 2.52. The Labute approximate surface area is 160 Å². The standard InChI is InChI=1S/C23H37N3/c1-20-7-5-6-10-23(20)26-17-15-25(16-18-26)22-11-13-24(14-12-22)19-21-8-3-2-4-9-21/h2-4,8-9,20,22-23H,5-7,10-19H2,1H3/p+3/t20-,23-/m0/s1. The molecule has 1 aliphatic carbocycles. The van der Waals surface area contributed by atoms with Crippen molar-refractivity contribution in [1.82, 2.24) is 0 Å². The lowest BCUT2D eigenvalue weighted by atomic mass is 9.84. The molecular formula is C23H40N3+3. The van der Waals surface area contributed by atoms with Gasteiger partial charge < -0.3 is 14.7 Å². The first-order valence-corrected chi connectivity index (χ1v) is 11.4. The van der Waals surface area contributed by atoms with Gasteiger partial charge in [-0.1, -0.05) is 43.7 Å². The third-order valence-corrected chi connectivity index (χ3v) is 7.74. The van der Waals surface area contributed by atoms with Crippen molar-refractivity contribution in [2.75, 3.05) is 39.3 Å². The Morgan fingerprint density at radius 3 is 2.12 bits per heavy atom. The number of rotatable bonds is 4. The fourth-order valence-corrected chi connectivity index (χ4v) is 6.09. The van der Waals surface area contributed by atoms with Crippen molar-refractivity contribution in [3.05, 3.63) is 35.9 Å². The van der Waals surface area contributed by atoms with Crippen LogP contribution in [0.4, 0.5) is 0 Å². The Bertz CT molecular complexity index is 530. The predicted molar refractivity (Wildman–Crippen MR) is 107 cm³/mol. The third-order valence-electron chi connectivity index (χ3n) is 7.74. The molecule has 3 fully saturated rings. The van der Waals surface area contributed by atoms with E-state index in [2.05, 4.69) is 37.3 Å². The van der Waals surface area contributed by atoms with E-state index < -0.39 is 0 Å². The number of benzene rings is 1. The number of quaternary nitrogens is 3. The molecule has 144 valence electrons. The van der Waals surface area contributed by atoms with E-state index >= 15 is 0 Å². The Morgan fingerprint density at radius 2 is 1.42 bits per heavy atom. The average Bonchev–Trinajstić information content (AvgIpc) is 2.70. The summed E-state index contributed by atoms with van der Waals surface area (Å²) in [4.78, 5) is 5.69. The van der Waals surface area contributed by atoms with Crippen LogP contribution >= 0.6 is 0 Å². The predicted octanol–water partition coefficient (Wildman–Crippen LogP) is -0.404. The van der Waals surface area contributed by atoms with Gasteiger partial charge in [-0.25, -0.2) is 0 Å². The highest BCUT2D eigenvalue weighted by Gasteiger charge is 2.37. The highest BCUT2D eigenvalue weighted by molar-refractivity contribution is 5.13. The minimum Gasteiger partial charge on any atom is -0.331 e. The topological polar surface area (TPSA) is 13.3 Å². The van der Waals surface area contributed by atoms with Gasteiger partial charge in [0.2, 0.25) is 0 Å². The first kappa shape index (κ1) is 18.5. The van der Waals surface area contributed by atoms with Crippen LogP contribution in [-0.4, -0.2) is 51.4 Å². The molecule has 0 unspecified atom stereocenters. The van der Waals surface area contributed by atoms with E-state index in [1.807, 2.05) is 9.80 Å². The van der Waals surface area contributed by atoms with Crippen LogP contribution in [0.15, 0.2) is 30.3 Å². The molecule has 1 aromatic rings. The van der Waals surface area contributed by atoms with Crippen molar-refractivity contribution in [2.24, 2.45) is 5.92 Å². The highest BCUT2D eigenvalue weighted by Crippen LogP contribution is 2.21. The van der Waals surface area contributed by atoms with Crippen LogP contribution in [-0.2, 0) is 6.54 Å². The van der Waals surface area contributed by atoms with Crippen LogP contribution in [0.5, 0.6) is 0 Å². The lowest BCUT2D eigenvalue weighted by Gasteiger charge is -2.42. The van der Waals surface area contributed by atoms with Gasteiger partial charge in [-0.2, -0.15) is 0 Å². The Kier molecular flexibility index (Phi) is 6.29. The number of piperidine rings is 1. The van der Waals surface area contributed by atoms with Gasteiger partial charge in [0.1, 0.15) is 32.7 Å². The quantitative estimate of drug-likeness (QED) is 0.648. The average molecular weight is 359 g/mol. The molecule has 3 N–H and O–H groups in total. The van der Waals surface area contributed by atoms with Crippen LogP contribution < -0.4 is 14.7 Å². The summed E-state index contributed by atoms with van der Waals surface area (Å²) in [6, 6.07) is 13.0. The molecule has 2 saturated heterocycles. The summed E-state index contributed by atoms with van der Waals surface area (Å²) in [6.07, 6.45) is 8.81. The van der Waals surface area contributed by atoms with Gasteiger partial charge in [0.15, 0.2) is 0 Å². The highest BCUT2D eigenvalue weighted by atomic mass is 15.3. The second kappa shape index (κ2) is 8.86. The van der Waals surface area contributed by atoms with Gasteiger partial charge in [0.25, 0.3) is 0 Å². The van der Waals surface area contributed by atoms with Crippen LogP contribution in [0.2, 0.25) is 0 Å². The zero-order valence-electron chi connectivity index (χ0n) is 16.8. The summed E-state index contributed by atoms with van der Waals surface area (Å²) in [7, 11) is 0. The van der Waals surface area contributed by atoms with Gasteiger partial charge in [-0.05, 0) is 19.3 Å². The number of nitrogens with one attached hydrogen (secondary N) is 3. The lowest BCUT2D eigenvalue weighted by Crippen LogP contribution is -3.32. The van der Waals surface area contributed by atoms with E-state index in [1.54, 1.807) is 4.90 Å². The molecule has 2 aliphatic heterocycles. The van der Waals surface area contributed by atoms with Crippen molar-refractivity contribution in [3.8, 4) is 0 Å². The summed E-state index contributed by atoms with van der Waals surface area (Å²) >= 11 is 0. The summed E-state index contributed by atoms with van der Waals surface area (Å²) in [5.74, 6) is 0.963. The molecule has 3 aliphatic rings. The normalized spacial score (nSPS) is 38.8. The molecule has 0 amide bonds. The zero-order valence-corrected chi connectivity index (χ0v) is 16.8. The molecule has 1 saturated carbocycles. The monoisotopic (exact) mass is 358 g/mol. The molecule has 0 radical (unpaired) electrons. The van der Waals surface area contributed by atoms with Crippen LogP contribution in [0.25, 0.3) is 0 Å². The van der Waals surface area contributed by atoms with E-state index in [9.17, 15) is 0 Å². The second-order valence-corrected chi connectivity index (χ2v) is 9.37. The molecule has 4 rings (SSSR count). The van der Waals surface area contributed by atoms with E-state index in [-0.39, 0.29) is 0 Å². The minimum atomic E-state index is 0.944. The van der Waals surface area contributed by atoms with E-state index in [1.165, 1.54) is 89.9 Å². The summed E-state index contributed by atoms with van der Waals surface area (Å²) < 4.78 is 0. The van der Waals surface area contributed by atoms with Gasteiger partial charge in [0, 0.05) is 24.3 Å². The zero-order chi connectivity index (χ0) is 17.8. The summed E-state index contributed by atoms with van der Waals surface area (Å²) in [6.45, 7) is 12.2. The van der Waals surface area contributed by atoms with Gasteiger partial charge >= 0.3 is 0 Å². The minimum absolute atomic E-state index is 0.944. The van der Waals surface area contributed by atoms with Crippen LogP contribution in [0, 0.1) is 5.92 Å². The molecule has 26 heavy (non-hydrogen) atoms. The number of piperazine rings is 1. The first-order valence-electron chi connectivity index (χ1n) is 11.4. The molecule has 2 atom stereocenters. The van der Waals surface area contributed by atoms with Crippen molar-refractivity contribution in [2.45, 2.75) is 64.1 Å². The molecule has 3 heteroatoms. The number of hydrogen-bond donors (Lipinski definition) is 3. The van der Waals surface area contributed by atoms with Gasteiger partial charge in [-0.15, -0.1) is 0 Å². The van der Waals surface area contributed by atoms with Gasteiger partial charge in [-0.3, -0.25) is 0 Å². The number of hydrogen-bond acceptors (Lipinski definition) is 0. The second-order valence-electron chi connectivity index (χ2n) is 9.37. The maximum absolute atomic E-state index is 2.52. The smallest absolute Gasteiger partial charge is 0.127 e. The van der Waals surface area contributed by atoms with Crippen molar-refractivity contribution < 1.29 is 14.7 Å². The molecule has 2 heterocycles. The molecule has 1 aromatic carbocycles. The fraction of sp³-hybridized carbons (Fsp3) is 0.739. The Balaban J connectivity index is 1.21. The van der Waals surface area contributed by atoms with Crippen molar-refractivity contribution in [1.29, 1.82) is 0 Å². The molecule has 3 nitrogen and oxygen atoms in total. The summed E-state index contributed by atoms with van der Waals surface area (Å²) in [5, 5.41) is 0. The Hall–Kier alpha value is -0.900. The Morgan fingerprint density at radius 1 is 0.769 bits per heavy atom. The van der Waals surface area contributed by atoms with E-state index in [0.29, 0.717) is 0 Å². The van der Waals surface area contributed by atoms with Crippen molar-refractivity contribution >= 4 is 0 Å². The lowest BCUT2D eigenvalue weighted by molar-refractivity contribution is -1.04. The van der Waals surface area contributed by atoms with Gasteiger partial charge in [0.05, 0.1) is 25.2 Å². The van der Waals surface area contributed by atoms with E-state index in [0.717, 1.165) is 18.0 Å². The fourth-order valence-electron chi connectivity index (χ4n) is 6.09. The van der Waals surface area contributed by atoms with Crippen LogP contribution in [0.1, 0.15) is 51.0 Å². The van der Waals surface area contributed by atoms with E-state index in [4.69, 9.17) is 0 Å². The third kappa shape index (κ3) is 4.49. The summed E-state index contributed by atoms with van der Waals surface area (Å²) in [5.41, 5.74) is 1.51. The SMILES string of the molecule is C[C@H]1CCCC[C@@H]1[NH+]1CC[NH+](C2CC[NH+](Cc3ccccc3)CC2)CC1. The molecule has 0 bridgehead atoms. The maximum Gasteiger partial charge on any atom is 0.127 e.